The Morgan fingerprint density at radius 2 is 1.25 bits per heavy atom. The van der Waals surface area contributed by atoms with Gasteiger partial charge in [-0.15, -0.1) is 0 Å². The van der Waals surface area contributed by atoms with Crippen molar-refractivity contribution in [2.75, 3.05) is 0 Å². The van der Waals surface area contributed by atoms with Gasteiger partial charge in [-0.1, -0.05) is 48.5 Å². The monoisotopic (exact) mass is 459 g/mol. The molecule has 2 aromatic heterocycles. The average molecular weight is 460 g/mol. The van der Waals surface area contributed by atoms with Crippen LogP contribution in [0.15, 0.2) is 108 Å². The molecule has 0 bridgehead atoms. The molecule has 4 nitrogen and oxygen atoms in total. The van der Waals surface area contributed by atoms with Gasteiger partial charge < -0.3 is 8.98 Å². The van der Waals surface area contributed by atoms with E-state index in [0.29, 0.717) is 11.1 Å². The molecule has 0 amide bonds. The molecular weight excluding hydrogens is 442 g/mol. The maximum atomic E-state index is 9.48. The first-order valence-electron chi connectivity index (χ1n) is 11.6. The highest BCUT2D eigenvalue weighted by molar-refractivity contribution is 6.11. The van der Waals surface area contributed by atoms with Crippen LogP contribution in [0.5, 0.6) is 0 Å². The molecule has 0 N–H and O–H groups in total. The summed E-state index contributed by atoms with van der Waals surface area (Å²) in [5.41, 5.74) is 7.98. The van der Waals surface area contributed by atoms with Crippen molar-refractivity contribution in [1.82, 2.24) is 4.57 Å². The number of benzene rings is 5. The van der Waals surface area contributed by atoms with E-state index < -0.39 is 0 Å². The first kappa shape index (κ1) is 20.1. The average Bonchev–Trinajstić information content (AvgIpc) is 3.48. The Labute approximate surface area is 206 Å². The number of hydrogen-bond acceptors (Lipinski definition) is 3. The minimum Gasteiger partial charge on any atom is -0.455 e. The summed E-state index contributed by atoms with van der Waals surface area (Å²) < 4.78 is 8.48. The summed E-state index contributed by atoms with van der Waals surface area (Å²) in [7, 11) is 0. The Morgan fingerprint density at radius 1 is 0.583 bits per heavy atom. The molecule has 0 fully saturated rings. The molecule has 0 saturated heterocycles. The first-order chi connectivity index (χ1) is 17.7. The third-order valence-electron chi connectivity index (χ3n) is 6.84. The van der Waals surface area contributed by atoms with E-state index in [2.05, 4.69) is 65.2 Å². The van der Waals surface area contributed by atoms with Crippen LogP contribution in [0, 0.1) is 22.7 Å². The number of hydrogen-bond donors (Lipinski definition) is 0. The summed E-state index contributed by atoms with van der Waals surface area (Å²) in [4.78, 5) is 0. The molecule has 0 aliphatic carbocycles. The van der Waals surface area contributed by atoms with Crippen molar-refractivity contribution in [3.8, 4) is 29.0 Å². The Kier molecular flexibility index (Phi) is 4.24. The third-order valence-corrected chi connectivity index (χ3v) is 6.84. The first-order valence-corrected chi connectivity index (χ1v) is 11.6. The van der Waals surface area contributed by atoms with Crippen LogP contribution in [0.25, 0.3) is 60.6 Å². The minimum atomic E-state index is 0.592. The quantitative estimate of drug-likeness (QED) is 0.262. The van der Waals surface area contributed by atoms with Gasteiger partial charge in [0.1, 0.15) is 11.2 Å². The molecule has 0 atom stereocenters. The number of aromatic nitrogens is 1. The maximum Gasteiger partial charge on any atom is 0.143 e. The van der Waals surface area contributed by atoms with E-state index in [-0.39, 0.29) is 0 Å². The smallest absolute Gasteiger partial charge is 0.143 e. The number of rotatable bonds is 2. The number of nitrogens with zero attached hydrogens (tertiary/aromatic N) is 3. The van der Waals surface area contributed by atoms with Gasteiger partial charge in [-0.05, 0) is 60.2 Å². The zero-order valence-electron chi connectivity index (χ0n) is 19.1. The standard InChI is InChI=1S/C32H17N3O/c33-18-20-11-13-29-27(15-20)28-16-21(19-34)12-14-30(28)35(29)23-6-3-5-22(17-23)24-8-4-9-26-25-7-1-2-10-31(25)36-32(24)26/h1-17H. The van der Waals surface area contributed by atoms with Gasteiger partial charge in [-0.25, -0.2) is 0 Å². The van der Waals surface area contributed by atoms with Gasteiger partial charge in [0.2, 0.25) is 0 Å². The van der Waals surface area contributed by atoms with E-state index in [1.54, 1.807) is 0 Å². The van der Waals surface area contributed by atoms with E-state index in [1.165, 1.54) is 0 Å². The SMILES string of the molecule is N#Cc1ccc2c(c1)c1cc(C#N)ccc1n2-c1cccc(-c2cccc3c2oc2ccccc23)c1. The molecule has 2 heterocycles. The molecule has 0 unspecified atom stereocenters. The lowest BCUT2D eigenvalue weighted by Crippen LogP contribution is -1.94. The second-order valence-corrected chi connectivity index (χ2v) is 8.85. The summed E-state index contributed by atoms with van der Waals surface area (Å²) in [6.45, 7) is 0. The molecule has 7 rings (SSSR count). The second kappa shape index (κ2) is 7.60. The molecule has 0 spiro atoms. The predicted molar refractivity (Wildman–Crippen MR) is 143 cm³/mol. The fourth-order valence-electron chi connectivity index (χ4n) is 5.23. The van der Waals surface area contributed by atoms with Gasteiger partial charge in [0, 0.05) is 32.8 Å². The van der Waals surface area contributed by atoms with Crippen molar-refractivity contribution in [1.29, 1.82) is 10.5 Å². The Hall–Kier alpha value is -5.32. The van der Waals surface area contributed by atoms with Crippen LogP contribution in [-0.2, 0) is 0 Å². The van der Waals surface area contributed by atoms with E-state index in [1.807, 2.05) is 54.6 Å². The van der Waals surface area contributed by atoms with Gasteiger partial charge in [-0.3, -0.25) is 0 Å². The summed E-state index contributed by atoms with van der Waals surface area (Å²) in [6, 6.07) is 38.7. The van der Waals surface area contributed by atoms with Crippen molar-refractivity contribution in [3.63, 3.8) is 0 Å². The number of nitriles is 2. The van der Waals surface area contributed by atoms with Crippen LogP contribution in [0.2, 0.25) is 0 Å². The van der Waals surface area contributed by atoms with Gasteiger partial charge >= 0.3 is 0 Å². The van der Waals surface area contributed by atoms with Crippen LogP contribution in [-0.4, -0.2) is 4.57 Å². The topological polar surface area (TPSA) is 65.7 Å². The van der Waals surface area contributed by atoms with Crippen molar-refractivity contribution in [2.24, 2.45) is 0 Å². The van der Waals surface area contributed by atoms with Crippen molar-refractivity contribution in [3.05, 3.63) is 114 Å². The van der Waals surface area contributed by atoms with Crippen LogP contribution in [0.4, 0.5) is 0 Å². The molecule has 5 aromatic carbocycles. The second-order valence-electron chi connectivity index (χ2n) is 8.85. The molecule has 0 radical (unpaired) electrons. The third kappa shape index (κ3) is 2.86. The van der Waals surface area contributed by atoms with Crippen molar-refractivity contribution < 1.29 is 4.42 Å². The molecule has 4 heteroatoms. The number of fused-ring (bicyclic) bond motifs is 6. The molecular formula is C32H17N3O. The van der Waals surface area contributed by atoms with E-state index in [9.17, 15) is 10.5 Å². The van der Waals surface area contributed by atoms with Gasteiger partial charge in [0.15, 0.2) is 0 Å². The van der Waals surface area contributed by atoms with Crippen LogP contribution in [0.1, 0.15) is 11.1 Å². The van der Waals surface area contributed by atoms with Gasteiger partial charge in [-0.2, -0.15) is 10.5 Å². The lowest BCUT2D eigenvalue weighted by Gasteiger charge is -2.11. The minimum absolute atomic E-state index is 0.592. The highest BCUT2D eigenvalue weighted by atomic mass is 16.3. The largest absolute Gasteiger partial charge is 0.455 e. The molecule has 0 aliphatic rings. The van der Waals surface area contributed by atoms with E-state index in [0.717, 1.165) is 60.6 Å². The number of para-hydroxylation sites is 2. The molecule has 36 heavy (non-hydrogen) atoms. The van der Waals surface area contributed by atoms with Gasteiger partial charge in [0.25, 0.3) is 0 Å². The van der Waals surface area contributed by atoms with Crippen molar-refractivity contribution >= 4 is 43.7 Å². The van der Waals surface area contributed by atoms with Crippen molar-refractivity contribution in [2.45, 2.75) is 0 Å². The number of furan rings is 1. The normalized spacial score (nSPS) is 11.3. The molecule has 166 valence electrons. The lowest BCUT2D eigenvalue weighted by molar-refractivity contribution is 0.670. The molecule has 0 saturated carbocycles. The molecule has 7 aromatic rings. The van der Waals surface area contributed by atoms with Crippen LogP contribution >= 0.6 is 0 Å². The predicted octanol–water partition coefficient (Wildman–Crippen LogP) is 8.09. The fourth-order valence-corrected chi connectivity index (χ4v) is 5.23. The summed E-state index contributed by atoms with van der Waals surface area (Å²) >= 11 is 0. The van der Waals surface area contributed by atoms with E-state index >= 15 is 0 Å². The summed E-state index contributed by atoms with van der Waals surface area (Å²) in [5.74, 6) is 0. The highest BCUT2D eigenvalue weighted by Crippen LogP contribution is 2.38. The Balaban J connectivity index is 1.50. The summed E-state index contributed by atoms with van der Waals surface area (Å²) in [5, 5.41) is 23.1. The lowest BCUT2D eigenvalue weighted by atomic mass is 10.0. The Morgan fingerprint density at radius 3 is 1.97 bits per heavy atom. The Bertz CT molecular complexity index is 2010. The van der Waals surface area contributed by atoms with Crippen LogP contribution in [0.3, 0.4) is 0 Å². The maximum absolute atomic E-state index is 9.48. The summed E-state index contributed by atoms with van der Waals surface area (Å²) in [6.07, 6.45) is 0. The van der Waals surface area contributed by atoms with E-state index in [4.69, 9.17) is 4.42 Å². The van der Waals surface area contributed by atoms with Gasteiger partial charge in [0.05, 0.1) is 34.3 Å². The zero-order chi connectivity index (χ0) is 24.2. The zero-order valence-corrected chi connectivity index (χ0v) is 19.1. The highest BCUT2D eigenvalue weighted by Gasteiger charge is 2.16. The van der Waals surface area contributed by atoms with Crippen LogP contribution < -0.4 is 0 Å². The fraction of sp³-hybridized carbons (Fsp3) is 0. The molecule has 0 aliphatic heterocycles.